The van der Waals surface area contributed by atoms with Gasteiger partial charge < -0.3 is 4.90 Å². The highest BCUT2D eigenvalue weighted by Crippen LogP contribution is 2.36. The van der Waals surface area contributed by atoms with E-state index in [0.717, 1.165) is 6.42 Å². The largest absolute Gasteiger partial charge is 0.445 e. The third-order valence-corrected chi connectivity index (χ3v) is 5.12. The Morgan fingerprint density at radius 3 is 2.65 bits per heavy atom. The minimum atomic E-state index is -4.39. The maximum atomic E-state index is 12.4. The van der Waals surface area contributed by atoms with Gasteiger partial charge in [-0.05, 0) is 12.3 Å². The molecule has 1 aliphatic rings. The van der Waals surface area contributed by atoms with E-state index in [0.29, 0.717) is 40.3 Å². The van der Waals surface area contributed by atoms with Crippen LogP contribution in [0.25, 0.3) is 0 Å². The Balaban J connectivity index is 2.11. The fourth-order valence-electron chi connectivity index (χ4n) is 1.75. The Hall–Kier alpha value is -0.370. The van der Waals surface area contributed by atoms with Crippen molar-refractivity contribution < 1.29 is 13.2 Å². The predicted octanol–water partition coefficient (Wildman–Crippen LogP) is 3.17. The molecular weight excluding hydrogens is 319 g/mol. The second-order valence-electron chi connectivity index (χ2n) is 4.12. The van der Waals surface area contributed by atoms with Crippen LogP contribution in [0.3, 0.4) is 0 Å². The molecule has 1 fully saturated rings. The molecule has 0 amide bonds. The average molecular weight is 330 g/mol. The van der Waals surface area contributed by atoms with Crippen molar-refractivity contribution in [2.24, 2.45) is 5.92 Å². The first-order valence-electron chi connectivity index (χ1n) is 5.17. The van der Waals surface area contributed by atoms with Crippen molar-refractivity contribution in [3.63, 3.8) is 0 Å². The lowest BCUT2D eigenvalue weighted by molar-refractivity contribution is -0.138. The molecule has 1 aliphatic heterocycles. The minimum absolute atomic E-state index is 0.364. The zero-order valence-electron chi connectivity index (χ0n) is 9.04. The first-order chi connectivity index (χ1) is 7.88. The topological polar surface area (TPSA) is 29.0 Å². The number of hydrogen-bond acceptors (Lipinski definition) is 4. The summed E-state index contributed by atoms with van der Waals surface area (Å²) in [6.45, 7) is 3.49. The standard InChI is InChI=1S/C9H11BrF3N3S/c1-5-4-16(3-2-6(5)10)8-15-14-7(17-8)9(11,12)13/h5-6H,2-4H2,1H3. The van der Waals surface area contributed by atoms with Crippen LogP contribution in [0.2, 0.25) is 0 Å². The van der Waals surface area contributed by atoms with Crippen molar-refractivity contribution >= 4 is 32.4 Å². The molecule has 1 aromatic heterocycles. The summed E-state index contributed by atoms with van der Waals surface area (Å²) in [5, 5.41) is 6.31. The number of alkyl halides is 4. The van der Waals surface area contributed by atoms with Gasteiger partial charge in [-0.15, -0.1) is 10.2 Å². The van der Waals surface area contributed by atoms with Gasteiger partial charge in [0.05, 0.1) is 0 Å². The van der Waals surface area contributed by atoms with Gasteiger partial charge in [0.25, 0.3) is 0 Å². The van der Waals surface area contributed by atoms with E-state index in [1.165, 1.54) is 0 Å². The Kier molecular flexibility index (Phi) is 3.63. The molecule has 8 heteroatoms. The summed E-state index contributed by atoms with van der Waals surface area (Å²) < 4.78 is 37.2. The smallest absolute Gasteiger partial charge is 0.346 e. The Morgan fingerprint density at radius 2 is 2.12 bits per heavy atom. The molecule has 0 aromatic carbocycles. The lowest BCUT2D eigenvalue weighted by Crippen LogP contribution is -2.39. The zero-order valence-corrected chi connectivity index (χ0v) is 11.4. The van der Waals surface area contributed by atoms with Gasteiger partial charge in [0.1, 0.15) is 0 Å². The number of rotatable bonds is 1. The molecule has 2 atom stereocenters. The minimum Gasteiger partial charge on any atom is -0.346 e. The van der Waals surface area contributed by atoms with Gasteiger partial charge in [0.2, 0.25) is 10.1 Å². The van der Waals surface area contributed by atoms with E-state index in [-0.39, 0.29) is 0 Å². The SMILES string of the molecule is CC1CN(c2nnc(C(F)(F)F)s2)CCC1Br. The van der Waals surface area contributed by atoms with Crippen LogP contribution in [0.1, 0.15) is 18.4 Å². The van der Waals surface area contributed by atoms with Gasteiger partial charge in [0, 0.05) is 17.9 Å². The third-order valence-electron chi connectivity index (χ3n) is 2.73. The van der Waals surface area contributed by atoms with E-state index < -0.39 is 11.2 Å². The molecule has 1 aromatic rings. The molecule has 0 radical (unpaired) electrons. The predicted molar refractivity (Wildman–Crippen MR) is 63.6 cm³/mol. The van der Waals surface area contributed by atoms with Crippen LogP contribution in [0.4, 0.5) is 18.3 Å². The average Bonchev–Trinajstić information content (AvgIpc) is 2.70. The number of nitrogens with zero attached hydrogens (tertiary/aromatic N) is 3. The van der Waals surface area contributed by atoms with Crippen LogP contribution in [0, 0.1) is 5.92 Å². The summed E-state index contributed by atoms with van der Waals surface area (Å²) in [4.78, 5) is 2.30. The van der Waals surface area contributed by atoms with Crippen molar-refractivity contribution in [1.29, 1.82) is 0 Å². The lowest BCUT2D eigenvalue weighted by Gasteiger charge is -2.33. The van der Waals surface area contributed by atoms with Crippen molar-refractivity contribution in [2.45, 2.75) is 24.3 Å². The van der Waals surface area contributed by atoms with Gasteiger partial charge >= 0.3 is 6.18 Å². The molecule has 96 valence electrons. The first kappa shape index (κ1) is 13.1. The zero-order chi connectivity index (χ0) is 12.6. The van der Waals surface area contributed by atoms with Crippen LogP contribution in [-0.2, 0) is 6.18 Å². The van der Waals surface area contributed by atoms with E-state index in [4.69, 9.17) is 0 Å². The molecule has 0 aliphatic carbocycles. The lowest BCUT2D eigenvalue weighted by atomic mass is 10.0. The Morgan fingerprint density at radius 1 is 1.41 bits per heavy atom. The summed E-state index contributed by atoms with van der Waals surface area (Å²) in [7, 11) is 0. The second-order valence-corrected chi connectivity index (χ2v) is 6.25. The first-order valence-corrected chi connectivity index (χ1v) is 6.91. The number of aromatic nitrogens is 2. The van der Waals surface area contributed by atoms with Crippen molar-refractivity contribution in [3.05, 3.63) is 5.01 Å². The van der Waals surface area contributed by atoms with Gasteiger partial charge in [0.15, 0.2) is 0 Å². The monoisotopic (exact) mass is 329 g/mol. The van der Waals surface area contributed by atoms with Crippen molar-refractivity contribution in [2.75, 3.05) is 18.0 Å². The normalized spacial score (nSPS) is 26.3. The quantitative estimate of drug-likeness (QED) is 0.741. The van der Waals surface area contributed by atoms with E-state index >= 15 is 0 Å². The van der Waals surface area contributed by atoms with Crippen molar-refractivity contribution in [3.8, 4) is 0 Å². The highest BCUT2D eigenvalue weighted by Gasteiger charge is 2.36. The molecule has 3 nitrogen and oxygen atoms in total. The summed E-state index contributed by atoms with van der Waals surface area (Å²) in [5.74, 6) is 0.391. The van der Waals surface area contributed by atoms with Gasteiger partial charge in [-0.2, -0.15) is 13.2 Å². The summed E-state index contributed by atoms with van der Waals surface area (Å²) in [6.07, 6.45) is -3.49. The molecule has 2 heterocycles. The Bertz CT molecular complexity index is 395. The van der Waals surface area contributed by atoms with E-state index in [2.05, 4.69) is 33.1 Å². The number of hydrogen-bond donors (Lipinski definition) is 0. The molecule has 1 saturated heterocycles. The molecule has 2 unspecified atom stereocenters. The molecule has 2 rings (SSSR count). The number of anilines is 1. The molecule has 0 N–H and O–H groups in total. The number of piperidine rings is 1. The van der Waals surface area contributed by atoms with Crippen LogP contribution < -0.4 is 4.90 Å². The van der Waals surface area contributed by atoms with Crippen LogP contribution in [0.5, 0.6) is 0 Å². The molecular formula is C9H11BrF3N3S. The number of halogens is 4. The van der Waals surface area contributed by atoms with E-state index in [9.17, 15) is 13.2 Å². The maximum Gasteiger partial charge on any atom is 0.445 e. The third kappa shape index (κ3) is 2.90. The van der Waals surface area contributed by atoms with Gasteiger partial charge in [-0.25, -0.2) is 0 Å². The molecule has 0 spiro atoms. The molecule has 17 heavy (non-hydrogen) atoms. The summed E-state index contributed by atoms with van der Waals surface area (Å²) in [6, 6.07) is 0. The van der Waals surface area contributed by atoms with Crippen LogP contribution >= 0.6 is 27.3 Å². The highest BCUT2D eigenvalue weighted by molar-refractivity contribution is 9.09. The Labute approximate surface area is 109 Å². The van der Waals surface area contributed by atoms with Gasteiger partial charge in [-0.1, -0.05) is 34.2 Å². The summed E-state index contributed by atoms with van der Waals surface area (Å²) >= 11 is 4.16. The van der Waals surface area contributed by atoms with E-state index in [1.54, 1.807) is 0 Å². The van der Waals surface area contributed by atoms with E-state index in [1.807, 2.05) is 4.90 Å². The fraction of sp³-hybridized carbons (Fsp3) is 0.778. The van der Waals surface area contributed by atoms with Gasteiger partial charge in [-0.3, -0.25) is 0 Å². The molecule has 0 saturated carbocycles. The maximum absolute atomic E-state index is 12.4. The highest BCUT2D eigenvalue weighted by atomic mass is 79.9. The van der Waals surface area contributed by atoms with Crippen LogP contribution in [0.15, 0.2) is 0 Å². The second kappa shape index (κ2) is 4.72. The van der Waals surface area contributed by atoms with Crippen molar-refractivity contribution in [1.82, 2.24) is 10.2 Å². The molecule has 0 bridgehead atoms. The fourth-order valence-corrected chi connectivity index (χ4v) is 2.87. The van der Waals surface area contributed by atoms with Crippen LogP contribution in [-0.4, -0.2) is 28.1 Å². The summed E-state index contributed by atoms with van der Waals surface area (Å²) in [5.41, 5.74) is 0.